The van der Waals surface area contributed by atoms with Crippen molar-refractivity contribution >= 4 is 17.3 Å². The van der Waals surface area contributed by atoms with Gasteiger partial charge in [-0.25, -0.2) is 4.98 Å². The van der Waals surface area contributed by atoms with E-state index in [1.54, 1.807) is 25.5 Å². The minimum absolute atomic E-state index is 0.684. The van der Waals surface area contributed by atoms with Crippen molar-refractivity contribution in [3.63, 3.8) is 0 Å². The van der Waals surface area contributed by atoms with Crippen LogP contribution < -0.4 is 15.4 Å². The van der Waals surface area contributed by atoms with Crippen LogP contribution in [0.1, 0.15) is 28.8 Å². The second-order valence-electron chi connectivity index (χ2n) is 5.50. The van der Waals surface area contributed by atoms with Crippen LogP contribution >= 0.6 is 11.3 Å². The van der Waals surface area contributed by atoms with E-state index >= 15 is 0 Å². The molecule has 0 spiro atoms. The Labute approximate surface area is 148 Å². The molecule has 24 heavy (non-hydrogen) atoms. The summed E-state index contributed by atoms with van der Waals surface area (Å²) in [6.07, 6.45) is 1.86. The van der Waals surface area contributed by atoms with E-state index in [4.69, 9.17) is 4.74 Å². The standard InChI is InChI=1S/C18H26N4OS/c1-5-17-22-15(12-24-17)11-21-18(19-3)20-9-8-14-10-13(2)6-7-16(14)23-4/h6-7,10,12H,5,8-9,11H2,1-4H3,(H2,19,20,21). The molecule has 0 aliphatic heterocycles. The van der Waals surface area contributed by atoms with E-state index in [0.29, 0.717) is 6.54 Å². The summed E-state index contributed by atoms with van der Waals surface area (Å²) in [6, 6.07) is 6.25. The van der Waals surface area contributed by atoms with Crippen molar-refractivity contribution in [3.05, 3.63) is 45.4 Å². The van der Waals surface area contributed by atoms with Gasteiger partial charge in [-0.05, 0) is 31.4 Å². The highest BCUT2D eigenvalue weighted by Crippen LogP contribution is 2.19. The highest BCUT2D eigenvalue weighted by Gasteiger charge is 2.05. The fourth-order valence-electron chi connectivity index (χ4n) is 2.41. The van der Waals surface area contributed by atoms with E-state index in [9.17, 15) is 0 Å². The van der Waals surface area contributed by atoms with Gasteiger partial charge in [-0.15, -0.1) is 11.3 Å². The number of ether oxygens (including phenoxy) is 1. The van der Waals surface area contributed by atoms with Gasteiger partial charge in [0.05, 0.1) is 24.4 Å². The summed E-state index contributed by atoms with van der Waals surface area (Å²) in [5.74, 6) is 1.72. The SMILES string of the molecule is CCc1nc(CNC(=NC)NCCc2cc(C)ccc2OC)cs1. The molecular formula is C18H26N4OS. The molecule has 0 fully saturated rings. The monoisotopic (exact) mass is 346 g/mol. The third kappa shape index (κ3) is 5.23. The van der Waals surface area contributed by atoms with E-state index < -0.39 is 0 Å². The molecule has 1 aromatic carbocycles. The van der Waals surface area contributed by atoms with E-state index in [2.05, 4.69) is 52.0 Å². The second-order valence-corrected chi connectivity index (χ2v) is 6.45. The van der Waals surface area contributed by atoms with Gasteiger partial charge < -0.3 is 15.4 Å². The third-order valence-electron chi connectivity index (χ3n) is 3.69. The van der Waals surface area contributed by atoms with Gasteiger partial charge in [0.1, 0.15) is 5.75 Å². The van der Waals surface area contributed by atoms with Crippen molar-refractivity contribution in [2.24, 2.45) is 4.99 Å². The van der Waals surface area contributed by atoms with Crippen molar-refractivity contribution in [2.45, 2.75) is 33.2 Å². The predicted molar refractivity (Wildman–Crippen MR) is 101 cm³/mol. The summed E-state index contributed by atoms with van der Waals surface area (Å²) >= 11 is 1.70. The van der Waals surface area contributed by atoms with Crippen LogP contribution in [0.2, 0.25) is 0 Å². The lowest BCUT2D eigenvalue weighted by atomic mass is 10.1. The first-order valence-corrected chi connectivity index (χ1v) is 9.05. The van der Waals surface area contributed by atoms with Crippen LogP contribution in [0.3, 0.4) is 0 Å². The number of aromatic nitrogens is 1. The first-order chi connectivity index (χ1) is 11.7. The fraction of sp³-hybridized carbons (Fsp3) is 0.444. The molecule has 5 nitrogen and oxygen atoms in total. The molecule has 0 saturated heterocycles. The lowest BCUT2D eigenvalue weighted by molar-refractivity contribution is 0.409. The Morgan fingerprint density at radius 3 is 2.83 bits per heavy atom. The minimum Gasteiger partial charge on any atom is -0.496 e. The molecular weight excluding hydrogens is 320 g/mol. The van der Waals surface area contributed by atoms with Crippen LogP contribution in [0.15, 0.2) is 28.6 Å². The largest absolute Gasteiger partial charge is 0.496 e. The van der Waals surface area contributed by atoms with Gasteiger partial charge in [-0.3, -0.25) is 4.99 Å². The van der Waals surface area contributed by atoms with Gasteiger partial charge in [0.15, 0.2) is 5.96 Å². The van der Waals surface area contributed by atoms with Crippen molar-refractivity contribution in [1.82, 2.24) is 15.6 Å². The number of rotatable bonds is 7. The summed E-state index contributed by atoms with van der Waals surface area (Å²) in [4.78, 5) is 8.81. The zero-order chi connectivity index (χ0) is 17.4. The average Bonchev–Trinajstić information content (AvgIpc) is 3.06. The maximum atomic E-state index is 5.42. The molecule has 0 saturated carbocycles. The van der Waals surface area contributed by atoms with Gasteiger partial charge in [0, 0.05) is 19.0 Å². The maximum absolute atomic E-state index is 5.42. The van der Waals surface area contributed by atoms with Gasteiger partial charge in [-0.1, -0.05) is 24.6 Å². The van der Waals surface area contributed by atoms with Crippen molar-refractivity contribution < 1.29 is 4.74 Å². The summed E-state index contributed by atoms with van der Waals surface area (Å²) in [5, 5.41) is 9.90. The molecule has 0 atom stereocenters. The Balaban J connectivity index is 1.82. The van der Waals surface area contributed by atoms with E-state index in [0.717, 1.165) is 36.8 Å². The molecule has 0 radical (unpaired) electrons. The zero-order valence-corrected chi connectivity index (χ0v) is 15.7. The lowest BCUT2D eigenvalue weighted by Crippen LogP contribution is -2.38. The number of guanidine groups is 1. The minimum atomic E-state index is 0.684. The molecule has 0 aliphatic rings. The van der Waals surface area contributed by atoms with E-state index in [-0.39, 0.29) is 0 Å². The van der Waals surface area contributed by atoms with Crippen molar-refractivity contribution in [1.29, 1.82) is 0 Å². The highest BCUT2D eigenvalue weighted by atomic mass is 32.1. The quantitative estimate of drug-likeness (QED) is 0.598. The number of hydrogen-bond acceptors (Lipinski definition) is 4. The molecule has 0 aliphatic carbocycles. The number of thiazole rings is 1. The topological polar surface area (TPSA) is 58.5 Å². The summed E-state index contributed by atoms with van der Waals surface area (Å²) in [5.41, 5.74) is 3.50. The zero-order valence-electron chi connectivity index (χ0n) is 14.8. The van der Waals surface area contributed by atoms with Crippen LogP contribution in [0.4, 0.5) is 0 Å². The van der Waals surface area contributed by atoms with Crippen LogP contribution in [0.25, 0.3) is 0 Å². The molecule has 2 rings (SSSR count). The first-order valence-electron chi connectivity index (χ1n) is 8.17. The molecule has 0 unspecified atom stereocenters. The number of methoxy groups -OCH3 is 1. The number of aryl methyl sites for hydroxylation is 2. The number of nitrogens with one attached hydrogen (secondary N) is 2. The van der Waals surface area contributed by atoms with Gasteiger partial charge in [0.2, 0.25) is 0 Å². The lowest BCUT2D eigenvalue weighted by Gasteiger charge is -2.13. The number of nitrogens with zero attached hydrogens (tertiary/aromatic N) is 2. The van der Waals surface area contributed by atoms with E-state index in [1.165, 1.54) is 16.1 Å². The molecule has 1 heterocycles. The molecule has 0 amide bonds. The fourth-order valence-corrected chi connectivity index (χ4v) is 3.15. The van der Waals surface area contributed by atoms with Gasteiger partial charge in [0.25, 0.3) is 0 Å². The smallest absolute Gasteiger partial charge is 0.191 e. The number of aliphatic imine (C=N–C) groups is 1. The molecule has 2 aromatic rings. The number of benzene rings is 1. The number of hydrogen-bond donors (Lipinski definition) is 2. The van der Waals surface area contributed by atoms with Gasteiger partial charge >= 0.3 is 0 Å². The Morgan fingerprint density at radius 1 is 1.33 bits per heavy atom. The Morgan fingerprint density at radius 2 is 2.17 bits per heavy atom. The normalized spacial score (nSPS) is 11.4. The molecule has 1 aromatic heterocycles. The maximum Gasteiger partial charge on any atom is 0.191 e. The Hall–Kier alpha value is -2.08. The Kier molecular flexibility index (Phi) is 7.06. The van der Waals surface area contributed by atoms with Gasteiger partial charge in [-0.2, -0.15) is 0 Å². The summed E-state index contributed by atoms with van der Waals surface area (Å²) in [6.45, 7) is 5.69. The Bertz CT molecular complexity index is 681. The summed E-state index contributed by atoms with van der Waals surface area (Å²) in [7, 11) is 3.49. The van der Waals surface area contributed by atoms with Crippen LogP contribution in [-0.4, -0.2) is 31.6 Å². The molecule has 130 valence electrons. The molecule has 6 heteroatoms. The van der Waals surface area contributed by atoms with Crippen LogP contribution in [0, 0.1) is 6.92 Å². The van der Waals surface area contributed by atoms with Crippen molar-refractivity contribution in [2.75, 3.05) is 20.7 Å². The van der Waals surface area contributed by atoms with E-state index in [1.807, 2.05) is 6.07 Å². The molecule has 0 bridgehead atoms. The average molecular weight is 347 g/mol. The predicted octanol–water partition coefficient (Wildman–Crippen LogP) is 2.93. The molecule has 2 N–H and O–H groups in total. The van der Waals surface area contributed by atoms with Crippen LogP contribution in [0.5, 0.6) is 5.75 Å². The summed E-state index contributed by atoms with van der Waals surface area (Å²) < 4.78 is 5.42. The van der Waals surface area contributed by atoms with Crippen molar-refractivity contribution in [3.8, 4) is 5.75 Å². The first kappa shape index (κ1) is 18.3. The second kappa shape index (κ2) is 9.27. The van der Waals surface area contributed by atoms with Crippen LogP contribution in [-0.2, 0) is 19.4 Å². The highest BCUT2D eigenvalue weighted by molar-refractivity contribution is 7.09. The third-order valence-corrected chi connectivity index (χ3v) is 4.73.